The van der Waals surface area contributed by atoms with E-state index in [0.717, 1.165) is 25.9 Å². The highest BCUT2D eigenvalue weighted by atomic mass is 16.6. The van der Waals surface area contributed by atoms with Crippen molar-refractivity contribution in [3.63, 3.8) is 0 Å². The molecule has 2 atom stereocenters. The molecule has 16 heavy (non-hydrogen) atoms. The SMILES string of the molecule is CCCCCCCC(C)(CC1CO1)C(=O)[O-]. The first-order valence-electron chi connectivity index (χ1n) is 6.41. The first-order valence-corrected chi connectivity index (χ1v) is 6.41. The van der Waals surface area contributed by atoms with E-state index in [1.54, 1.807) is 6.92 Å². The molecule has 2 unspecified atom stereocenters. The third-order valence-electron chi connectivity index (χ3n) is 3.41. The third-order valence-corrected chi connectivity index (χ3v) is 3.41. The molecule has 3 nitrogen and oxygen atoms in total. The van der Waals surface area contributed by atoms with Crippen molar-refractivity contribution in [2.45, 2.75) is 64.9 Å². The Labute approximate surface area is 98.2 Å². The van der Waals surface area contributed by atoms with Crippen LogP contribution >= 0.6 is 0 Å². The second-order valence-corrected chi connectivity index (χ2v) is 5.17. The topological polar surface area (TPSA) is 52.7 Å². The highest BCUT2D eigenvalue weighted by Gasteiger charge is 2.35. The van der Waals surface area contributed by atoms with E-state index in [0.29, 0.717) is 6.42 Å². The third kappa shape index (κ3) is 4.52. The van der Waals surface area contributed by atoms with Crippen molar-refractivity contribution >= 4 is 5.97 Å². The number of carbonyl (C=O) groups excluding carboxylic acids is 1. The average Bonchev–Trinajstić information content (AvgIpc) is 3.01. The lowest BCUT2D eigenvalue weighted by Gasteiger charge is -2.30. The fourth-order valence-corrected chi connectivity index (χ4v) is 2.09. The van der Waals surface area contributed by atoms with E-state index >= 15 is 0 Å². The van der Waals surface area contributed by atoms with Gasteiger partial charge in [0.25, 0.3) is 0 Å². The summed E-state index contributed by atoms with van der Waals surface area (Å²) in [6.07, 6.45) is 7.28. The smallest absolute Gasteiger partial charge is 0.0818 e. The number of epoxide rings is 1. The molecule has 0 aromatic rings. The maximum Gasteiger partial charge on any atom is 0.0818 e. The van der Waals surface area contributed by atoms with Gasteiger partial charge in [0.2, 0.25) is 0 Å². The molecule has 0 radical (unpaired) electrons. The van der Waals surface area contributed by atoms with Gasteiger partial charge >= 0.3 is 0 Å². The number of carbonyl (C=O) groups is 1. The lowest BCUT2D eigenvalue weighted by Crippen LogP contribution is -2.41. The van der Waals surface area contributed by atoms with Crippen LogP contribution in [0.2, 0.25) is 0 Å². The number of unbranched alkanes of at least 4 members (excludes halogenated alkanes) is 4. The zero-order valence-corrected chi connectivity index (χ0v) is 10.5. The van der Waals surface area contributed by atoms with E-state index in [4.69, 9.17) is 4.74 Å². The molecule has 1 aliphatic heterocycles. The molecule has 1 rings (SSSR count). The largest absolute Gasteiger partial charge is 0.550 e. The van der Waals surface area contributed by atoms with Crippen molar-refractivity contribution in [2.24, 2.45) is 5.41 Å². The Morgan fingerprint density at radius 1 is 1.38 bits per heavy atom. The number of carboxylic acids is 1. The van der Waals surface area contributed by atoms with Crippen molar-refractivity contribution in [2.75, 3.05) is 6.61 Å². The van der Waals surface area contributed by atoms with E-state index < -0.39 is 11.4 Å². The molecule has 0 N–H and O–H groups in total. The average molecular weight is 227 g/mol. The minimum Gasteiger partial charge on any atom is -0.550 e. The number of hydrogen-bond donors (Lipinski definition) is 0. The number of ether oxygens (including phenoxy) is 1. The molecule has 1 aliphatic rings. The molecule has 3 heteroatoms. The van der Waals surface area contributed by atoms with E-state index in [1.807, 2.05) is 0 Å². The summed E-state index contributed by atoms with van der Waals surface area (Å²) in [5, 5.41) is 11.1. The molecule has 94 valence electrons. The van der Waals surface area contributed by atoms with Crippen molar-refractivity contribution in [3.8, 4) is 0 Å². The molecule has 0 amide bonds. The molecule has 0 aromatic carbocycles. The highest BCUT2D eigenvalue weighted by Crippen LogP contribution is 2.34. The molecule has 1 fully saturated rings. The van der Waals surface area contributed by atoms with Crippen LogP contribution < -0.4 is 5.11 Å². The Hall–Kier alpha value is -0.570. The van der Waals surface area contributed by atoms with Crippen molar-refractivity contribution in [3.05, 3.63) is 0 Å². The second-order valence-electron chi connectivity index (χ2n) is 5.17. The Morgan fingerprint density at radius 3 is 2.50 bits per heavy atom. The fraction of sp³-hybridized carbons (Fsp3) is 0.923. The van der Waals surface area contributed by atoms with Gasteiger partial charge in [0.1, 0.15) is 0 Å². The van der Waals surface area contributed by atoms with Gasteiger partial charge in [-0.15, -0.1) is 0 Å². The quantitative estimate of drug-likeness (QED) is 0.446. The monoisotopic (exact) mass is 227 g/mol. The van der Waals surface area contributed by atoms with Gasteiger partial charge in [-0.05, 0) is 12.8 Å². The van der Waals surface area contributed by atoms with Gasteiger partial charge in [0.15, 0.2) is 0 Å². The molecule has 0 aromatic heterocycles. The Morgan fingerprint density at radius 2 is 2.00 bits per heavy atom. The predicted molar refractivity (Wildman–Crippen MR) is 60.8 cm³/mol. The summed E-state index contributed by atoms with van der Waals surface area (Å²) in [6.45, 7) is 4.69. The Balaban J connectivity index is 2.23. The Kier molecular flexibility index (Phi) is 5.26. The van der Waals surface area contributed by atoms with Crippen LogP contribution in [0.4, 0.5) is 0 Å². The number of carboxylic acid groups (broad SMARTS) is 1. The van der Waals surface area contributed by atoms with E-state index in [1.165, 1.54) is 19.3 Å². The van der Waals surface area contributed by atoms with Gasteiger partial charge in [-0.2, -0.15) is 0 Å². The van der Waals surface area contributed by atoms with E-state index in [-0.39, 0.29) is 6.10 Å². The van der Waals surface area contributed by atoms with Gasteiger partial charge in [-0.25, -0.2) is 0 Å². The molecule has 0 saturated carbocycles. The predicted octanol–water partition coefficient (Wildman–Crippen LogP) is 1.89. The van der Waals surface area contributed by atoms with Gasteiger partial charge < -0.3 is 14.6 Å². The molecule has 0 bridgehead atoms. The van der Waals surface area contributed by atoms with Crippen LogP contribution in [0.1, 0.15) is 58.8 Å². The van der Waals surface area contributed by atoms with Crippen LogP contribution in [0.3, 0.4) is 0 Å². The lowest BCUT2D eigenvalue weighted by molar-refractivity contribution is -0.319. The van der Waals surface area contributed by atoms with Crippen LogP contribution in [-0.2, 0) is 9.53 Å². The van der Waals surface area contributed by atoms with Gasteiger partial charge in [-0.1, -0.05) is 46.0 Å². The summed E-state index contributed by atoms with van der Waals surface area (Å²) in [5.74, 6) is -0.918. The van der Waals surface area contributed by atoms with Crippen LogP contribution in [0.5, 0.6) is 0 Å². The molecule has 0 aliphatic carbocycles. The summed E-state index contributed by atoms with van der Waals surface area (Å²) >= 11 is 0. The van der Waals surface area contributed by atoms with Gasteiger partial charge in [0.05, 0.1) is 12.7 Å². The maximum atomic E-state index is 11.1. The second kappa shape index (κ2) is 6.24. The minimum atomic E-state index is -0.918. The van der Waals surface area contributed by atoms with E-state index in [2.05, 4.69) is 6.92 Å². The van der Waals surface area contributed by atoms with E-state index in [9.17, 15) is 9.90 Å². The number of aliphatic carboxylic acids is 1. The zero-order chi connectivity index (χ0) is 12.0. The molecule has 0 spiro atoms. The molecule has 1 saturated heterocycles. The summed E-state index contributed by atoms with van der Waals surface area (Å²) in [7, 11) is 0. The molecular weight excluding hydrogens is 204 g/mol. The minimum absolute atomic E-state index is 0.165. The highest BCUT2D eigenvalue weighted by molar-refractivity contribution is 5.71. The summed E-state index contributed by atoms with van der Waals surface area (Å²) in [4.78, 5) is 11.1. The van der Waals surface area contributed by atoms with Crippen LogP contribution in [0.15, 0.2) is 0 Å². The molecular formula is C13H23O3-. The van der Waals surface area contributed by atoms with Crippen LogP contribution in [-0.4, -0.2) is 18.7 Å². The van der Waals surface area contributed by atoms with Crippen molar-refractivity contribution < 1.29 is 14.6 Å². The molecule has 1 heterocycles. The first-order chi connectivity index (χ1) is 7.58. The normalized spacial score (nSPS) is 22.8. The fourth-order valence-electron chi connectivity index (χ4n) is 2.09. The van der Waals surface area contributed by atoms with Crippen molar-refractivity contribution in [1.29, 1.82) is 0 Å². The number of rotatable bonds is 9. The van der Waals surface area contributed by atoms with Gasteiger partial charge in [0, 0.05) is 11.4 Å². The zero-order valence-electron chi connectivity index (χ0n) is 10.5. The lowest BCUT2D eigenvalue weighted by atomic mass is 9.80. The number of hydrogen-bond acceptors (Lipinski definition) is 3. The Bertz CT molecular complexity index is 223. The van der Waals surface area contributed by atoms with Crippen LogP contribution in [0.25, 0.3) is 0 Å². The van der Waals surface area contributed by atoms with Crippen LogP contribution in [0, 0.1) is 5.41 Å². The summed E-state index contributed by atoms with van der Waals surface area (Å²) in [5.41, 5.74) is -0.687. The standard InChI is InChI=1S/C13H24O3/c1-3-4-5-6-7-8-13(2,12(14)15)9-11-10-16-11/h11H,3-10H2,1-2H3,(H,14,15)/p-1. The van der Waals surface area contributed by atoms with Crippen molar-refractivity contribution in [1.82, 2.24) is 0 Å². The summed E-state index contributed by atoms with van der Waals surface area (Å²) < 4.78 is 5.11. The maximum absolute atomic E-state index is 11.1. The first kappa shape index (κ1) is 13.5. The summed E-state index contributed by atoms with van der Waals surface area (Å²) in [6, 6.07) is 0. The van der Waals surface area contributed by atoms with Gasteiger partial charge in [-0.3, -0.25) is 0 Å².